The summed E-state index contributed by atoms with van der Waals surface area (Å²) in [5.41, 5.74) is 6.04. The second-order valence-corrected chi connectivity index (χ2v) is 5.03. The van der Waals surface area contributed by atoms with E-state index < -0.39 is 5.54 Å². The highest BCUT2D eigenvalue weighted by atomic mass is 16.5. The molecule has 1 aliphatic heterocycles. The molecule has 108 valence electrons. The zero-order valence-electron chi connectivity index (χ0n) is 11.3. The first-order chi connectivity index (χ1) is 9.50. The molecule has 6 nitrogen and oxygen atoms in total. The zero-order chi connectivity index (χ0) is 14.6. The highest BCUT2D eigenvalue weighted by Crippen LogP contribution is 2.17. The van der Waals surface area contributed by atoms with Gasteiger partial charge in [0.05, 0.1) is 32.3 Å². The Morgan fingerprint density at radius 2 is 1.95 bits per heavy atom. The molecule has 1 aliphatic rings. The van der Waals surface area contributed by atoms with Gasteiger partial charge in [-0.25, -0.2) is 0 Å². The zero-order valence-corrected chi connectivity index (χ0v) is 11.3. The molecule has 2 amide bonds. The standard InChI is InChI=1S/C14H18N2O4/c1-19-11-4-2-10(3-5-11)6-12(17)16-13(18)7-14(15)8-20-9-14/h2-5H,6-9,15H2,1H3,(H,16,17,18). The summed E-state index contributed by atoms with van der Waals surface area (Å²) in [6, 6.07) is 7.11. The first-order valence-corrected chi connectivity index (χ1v) is 6.33. The summed E-state index contributed by atoms with van der Waals surface area (Å²) >= 11 is 0. The van der Waals surface area contributed by atoms with Crippen molar-refractivity contribution in [3.05, 3.63) is 29.8 Å². The monoisotopic (exact) mass is 278 g/mol. The van der Waals surface area contributed by atoms with Crippen LogP contribution in [0.3, 0.4) is 0 Å². The Balaban J connectivity index is 1.80. The van der Waals surface area contributed by atoms with Crippen molar-refractivity contribution in [1.29, 1.82) is 0 Å². The van der Waals surface area contributed by atoms with Gasteiger partial charge in [-0.3, -0.25) is 14.9 Å². The highest BCUT2D eigenvalue weighted by Gasteiger charge is 2.36. The number of nitrogens with one attached hydrogen (secondary N) is 1. The maximum atomic E-state index is 11.7. The van der Waals surface area contributed by atoms with Crippen LogP contribution < -0.4 is 15.8 Å². The number of hydrogen-bond acceptors (Lipinski definition) is 5. The molecule has 1 heterocycles. The first kappa shape index (κ1) is 14.5. The summed E-state index contributed by atoms with van der Waals surface area (Å²) in [5.74, 6) is 0.0126. The molecule has 3 N–H and O–H groups in total. The topological polar surface area (TPSA) is 90.7 Å². The van der Waals surface area contributed by atoms with Crippen molar-refractivity contribution in [3.63, 3.8) is 0 Å². The van der Waals surface area contributed by atoms with E-state index >= 15 is 0 Å². The van der Waals surface area contributed by atoms with E-state index in [-0.39, 0.29) is 24.7 Å². The molecule has 1 aromatic rings. The van der Waals surface area contributed by atoms with E-state index in [0.29, 0.717) is 13.2 Å². The van der Waals surface area contributed by atoms with Gasteiger partial charge < -0.3 is 15.2 Å². The molecule has 6 heteroatoms. The summed E-state index contributed by atoms with van der Waals surface area (Å²) in [6.07, 6.45) is 0.241. The van der Waals surface area contributed by atoms with Crippen LogP contribution in [0.2, 0.25) is 0 Å². The fourth-order valence-corrected chi connectivity index (χ4v) is 1.96. The fraction of sp³-hybridized carbons (Fsp3) is 0.429. The van der Waals surface area contributed by atoms with Crippen molar-refractivity contribution in [2.45, 2.75) is 18.4 Å². The molecule has 2 rings (SSSR count). The lowest BCUT2D eigenvalue weighted by molar-refractivity contribution is -0.134. The summed E-state index contributed by atoms with van der Waals surface area (Å²) in [7, 11) is 1.58. The van der Waals surface area contributed by atoms with Crippen molar-refractivity contribution in [2.24, 2.45) is 5.73 Å². The second-order valence-electron chi connectivity index (χ2n) is 5.03. The summed E-state index contributed by atoms with van der Waals surface area (Å²) in [4.78, 5) is 23.4. The molecule has 0 radical (unpaired) electrons. The average Bonchev–Trinajstić information content (AvgIpc) is 2.37. The van der Waals surface area contributed by atoms with Gasteiger partial charge in [-0.15, -0.1) is 0 Å². The van der Waals surface area contributed by atoms with Crippen LogP contribution in [-0.2, 0) is 20.7 Å². The minimum absolute atomic E-state index is 0.0986. The molecule has 0 atom stereocenters. The first-order valence-electron chi connectivity index (χ1n) is 6.33. The molecule has 0 aromatic heterocycles. The van der Waals surface area contributed by atoms with Gasteiger partial charge in [0.25, 0.3) is 0 Å². The largest absolute Gasteiger partial charge is 0.497 e. The van der Waals surface area contributed by atoms with Crippen LogP contribution >= 0.6 is 0 Å². The van der Waals surface area contributed by atoms with Crippen LogP contribution in [0.4, 0.5) is 0 Å². The number of carbonyl (C=O) groups is 2. The van der Waals surface area contributed by atoms with Crippen molar-refractivity contribution >= 4 is 11.8 Å². The van der Waals surface area contributed by atoms with Crippen molar-refractivity contribution in [3.8, 4) is 5.75 Å². The third-order valence-corrected chi connectivity index (χ3v) is 3.09. The molecule has 0 spiro atoms. The molecular formula is C14H18N2O4. The van der Waals surface area contributed by atoms with Gasteiger partial charge in [-0.1, -0.05) is 12.1 Å². The molecule has 0 bridgehead atoms. The predicted molar refractivity (Wildman–Crippen MR) is 72.2 cm³/mol. The summed E-state index contributed by atoms with van der Waals surface area (Å²) in [6.45, 7) is 0.709. The smallest absolute Gasteiger partial charge is 0.230 e. The van der Waals surface area contributed by atoms with Gasteiger partial charge >= 0.3 is 0 Å². The van der Waals surface area contributed by atoms with Gasteiger partial charge in [0.2, 0.25) is 11.8 Å². The Hall–Kier alpha value is -1.92. The fourth-order valence-electron chi connectivity index (χ4n) is 1.96. The van der Waals surface area contributed by atoms with Gasteiger partial charge in [0, 0.05) is 6.42 Å². The molecular weight excluding hydrogens is 260 g/mol. The summed E-state index contributed by atoms with van der Waals surface area (Å²) < 4.78 is 9.99. The van der Waals surface area contributed by atoms with Gasteiger partial charge in [-0.05, 0) is 17.7 Å². The van der Waals surface area contributed by atoms with Crippen LogP contribution in [0.5, 0.6) is 5.75 Å². The molecule has 0 unspecified atom stereocenters. The van der Waals surface area contributed by atoms with Crippen LogP contribution in [0.1, 0.15) is 12.0 Å². The number of amides is 2. The molecule has 20 heavy (non-hydrogen) atoms. The molecule has 1 fully saturated rings. The molecule has 0 saturated carbocycles. The van der Waals surface area contributed by atoms with Crippen LogP contribution in [0, 0.1) is 0 Å². The quantitative estimate of drug-likeness (QED) is 0.791. The van der Waals surface area contributed by atoms with E-state index in [2.05, 4.69) is 5.32 Å². The molecule has 1 saturated heterocycles. The molecule has 1 aromatic carbocycles. The van der Waals surface area contributed by atoms with Crippen LogP contribution in [-0.4, -0.2) is 37.7 Å². The Bertz CT molecular complexity index is 494. The van der Waals surface area contributed by atoms with E-state index in [0.717, 1.165) is 11.3 Å². The number of imide groups is 1. The van der Waals surface area contributed by atoms with E-state index in [1.165, 1.54) is 0 Å². The SMILES string of the molecule is COc1ccc(CC(=O)NC(=O)CC2(N)COC2)cc1. The number of hydrogen-bond donors (Lipinski definition) is 2. The van der Waals surface area contributed by atoms with Gasteiger partial charge in [-0.2, -0.15) is 0 Å². The maximum Gasteiger partial charge on any atom is 0.230 e. The van der Waals surface area contributed by atoms with Crippen molar-refractivity contribution in [2.75, 3.05) is 20.3 Å². The third kappa shape index (κ3) is 3.79. The van der Waals surface area contributed by atoms with Crippen LogP contribution in [0.25, 0.3) is 0 Å². The van der Waals surface area contributed by atoms with E-state index in [1.807, 2.05) is 0 Å². The van der Waals surface area contributed by atoms with Crippen molar-refractivity contribution in [1.82, 2.24) is 5.32 Å². The third-order valence-electron chi connectivity index (χ3n) is 3.09. The minimum atomic E-state index is -0.621. The summed E-state index contributed by atoms with van der Waals surface area (Å²) in [5, 5.41) is 2.34. The lowest BCUT2D eigenvalue weighted by Crippen LogP contribution is -2.59. The van der Waals surface area contributed by atoms with E-state index in [4.69, 9.17) is 15.2 Å². The highest BCUT2D eigenvalue weighted by molar-refractivity contribution is 5.96. The van der Waals surface area contributed by atoms with Gasteiger partial charge in [0.15, 0.2) is 0 Å². The molecule has 0 aliphatic carbocycles. The van der Waals surface area contributed by atoms with Crippen LogP contribution in [0.15, 0.2) is 24.3 Å². The number of carbonyl (C=O) groups excluding carboxylic acids is 2. The van der Waals surface area contributed by atoms with E-state index in [9.17, 15) is 9.59 Å². The maximum absolute atomic E-state index is 11.7. The Morgan fingerprint density at radius 1 is 1.30 bits per heavy atom. The predicted octanol–water partition coefficient (Wildman–Crippen LogP) is -0.00170. The van der Waals surface area contributed by atoms with Gasteiger partial charge in [0.1, 0.15) is 5.75 Å². The number of methoxy groups -OCH3 is 1. The second kappa shape index (κ2) is 6.02. The Labute approximate surface area is 117 Å². The number of nitrogens with two attached hydrogens (primary N) is 1. The van der Waals surface area contributed by atoms with E-state index in [1.54, 1.807) is 31.4 Å². The Kier molecular flexibility index (Phi) is 4.36. The number of rotatable bonds is 5. The van der Waals surface area contributed by atoms with Crippen molar-refractivity contribution < 1.29 is 19.1 Å². The Morgan fingerprint density at radius 3 is 2.45 bits per heavy atom. The lowest BCUT2D eigenvalue weighted by atomic mass is 9.94. The normalized spacial score (nSPS) is 16.1. The lowest BCUT2D eigenvalue weighted by Gasteiger charge is -2.36. The number of ether oxygens (including phenoxy) is 2. The number of benzene rings is 1. The minimum Gasteiger partial charge on any atom is -0.497 e. The average molecular weight is 278 g/mol.